The van der Waals surface area contributed by atoms with Crippen molar-refractivity contribution < 1.29 is 4.74 Å². The van der Waals surface area contributed by atoms with Gasteiger partial charge in [-0.05, 0) is 18.6 Å². The van der Waals surface area contributed by atoms with Gasteiger partial charge < -0.3 is 15.5 Å². The van der Waals surface area contributed by atoms with Crippen molar-refractivity contribution in [2.75, 3.05) is 7.11 Å². The van der Waals surface area contributed by atoms with Crippen molar-refractivity contribution in [2.24, 2.45) is 10.7 Å². The van der Waals surface area contributed by atoms with Crippen LogP contribution in [-0.4, -0.2) is 44.4 Å². The van der Waals surface area contributed by atoms with Crippen LogP contribution in [0.5, 0.6) is 5.88 Å². The lowest BCUT2D eigenvalue weighted by Gasteiger charge is -2.35. The van der Waals surface area contributed by atoms with Crippen LogP contribution in [0, 0.1) is 6.92 Å². The molecule has 0 radical (unpaired) electrons. The molecule has 4 heterocycles. The van der Waals surface area contributed by atoms with E-state index in [4.69, 9.17) is 15.5 Å². The SMILES string of the molecule is COc1ccc(C2(c3nc(C)nc4nc[nH]c34)C=CC=NC2N)cn1. The standard InChI is InChI=1S/C17H17N7O/c1-10-23-14(13-15(24-10)22-9-21-13)17(6-3-7-19-16(17)18)11-4-5-12(25-2)20-8-11/h3-9,16H,18H2,1-2H3,(H,21,22,23,24). The molecule has 3 aromatic heterocycles. The number of allylic oxidation sites excluding steroid dienone is 1. The Bertz CT molecular complexity index is 976. The van der Waals surface area contributed by atoms with Crippen LogP contribution < -0.4 is 10.5 Å². The van der Waals surface area contributed by atoms with E-state index in [0.717, 1.165) is 16.8 Å². The minimum atomic E-state index is -0.785. The van der Waals surface area contributed by atoms with E-state index in [2.05, 4.69) is 24.9 Å². The fourth-order valence-corrected chi connectivity index (χ4v) is 3.16. The second-order valence-corrected chi connectivity index (χ2v) is 5.78. The molecule has 4 rings (SSSR count). The van der Waals surface area contributed by atoms with E-state index < -0.39 is 11.6 Å². The molecule has 1 aliphatic rings. The van der Waals surface area contributed by atoms with Crippen molar-refractivity contribution in [1.29, 1.82) is 0 Å². The molecule has 0 bridgehead atoms. The second kappa shape index (κ2) is 5.75. The van der Waals surface area contributed by atoms with Gasteiger partial charge in [-0.1, -0.05) is 12.1 Å². The summed E-state index contributed by atoms with van der Waals surface area (Å²) in [6.45, 7) is 1.83. The molecule has 3 N–H and O–H groups in total. The maximum Gasteiger partial charge on any atom is 0.212 e. The molecular formula is C17H17N7O. The van der Waals surface area contributed by atoms with Gasteiger partial charge in [-0.25, -0.2) is 19.9 Å². The third-order valence-electron chi connectivity index (χ3n) is 4.37. The number of aryl methyl sites for hydroxylation is 1. The monoisotopic (exact) mass is 335 g/mol. The molecule has 2 unspecified atom stereocenters. The number of aromatic nitrogens is 5. The lowest BCUT2D eigenvalue weighted by atomic mass is 9.74. The summed E-state index contributed by atoms with van der Waals surface area (Å²) in [4.78, 5) is 25.2. The Hall–Kier alpha value is -3.13. The fourth-order valence-electron chi connectivity index (χ4n) is 3.16. The molecule has 0 saturated heterocycles. The number of rotatable bonds is 3. The normalized spacial score (nSPS) is 22.4. The molecule has 0 fully saturated rings. The Morgan fingerprint density at radius 3 is 2.84 bits per heavy atom. The first-order valence-corrected chi connectivity index (χ1v) is 7.80. The smallest absolute Gasteiger partial charge is 0.212 e. The van der Waals surface area contributed by atoms with Gasteiger partial charge in [0, 0.05) is 18.5 Å². The number of methoxy groups -OCH3 is 1. The highest BCUT2D eigenvalue weighted by atomic mass is 16.5. The van der Waals surface area contributed by atoms with Crippen molar-refractivity contribution >= 4 is 17.4 Å². The molecule has 0 saturated carbocycles. The number of imidazole rings is 1. The Labute approximate surface area is 143 Å². The van der Waals surface area contributed by atoms with Gasteiger partial charge in [-0.15, -0.1) is 0 Å². The van der Waals surface area contributed by atoms with Crippen LogP contribution in [0.25, 0.3) is 11.2 Å². The first-order valence-electron chi connectivity index (χ1n) is 7.80. The number of ether oxygens (including phenoxy) is 1. The molecule has 25 heavy (non-hydrogen) atoms. The number of dihydropyridines is 1. The van der Waals surface area contributed by atoms with Gasteiger partial charge in [-0.3, -0.25) is 4.99 Å². The highest BCUT2D eigenvalue weighted by Gasteiger charge is 2.43. The van der Waals surface area contributed by atoms with E-state index in [1.165, 1.54) is 0 Å². The molecule has 8 heteroatoms. The topological polar surface area (TPSA) is 115 Å². The number of fused-ring (bicyclic) bond motifs is 1. The largest absolute Gasteiger partial charge is 0.481 e. The van der Waals surface area contributed by atoms with Gasteiger partial charge >= 0.3 is 0 Å². The van der Waals surface area contributed by atoms with Gasteiger partial charge in [0.25, 0.3) is 0 Å². The zero-order chi connectivity index (χ0) is 17.4. The van der Waals surface area contributed by atoms with Gasteiger partial charge in [-0.2, -0.15) is 0 Å². The molecule has 2 atom stereocenters. The number of aromatic amines is 1. The summed E-state index contributed by atoms with van der Waals surface area (Å²) >= 11 is 0. The van der Waals surface area contributed by atoms with Crippen LogP contribution in [0.2, 0.25) is 0 Å². The highest BCUT2D eigenvalue weighted by molar-refractivity contribution is 5.79. The van der Waals surface area contributed by atoms with E-state index in [9.17, 15) is 0 Å². The number of nitrogens with two attached hydrogens (primary N) is 1. The van der Waals surface area contributed by atoms with E-state index >= 15 is 0 Å². The lowest BCUT2D eigenvalue weighted by Crippen LogP contribution is -2.46. The third-order valence-corrected chi connectivity index (χ3v) is 4.37. The molecule has 0 amide bonds. The van der Waals surface area contributed by atoms with Crippen molar-refractivity contribution in [1.82, 2.24) is 24.9 Å². The minimum absolute atomic E-state index is 0.529. The molecule has 126 valence electrons. The number of hydrogen-bond donors (Lipinski definition) is 2. The van der Waals surface area contributed by atoms with Gasteiger partial charge in [0.15, 0.2) is 5.65 Å². The van der Waals surface area contributed by atoms with Crippen molar-refractivity contribution in [2.45, 2.75) is 18.5 Å². The fraction of sp³-hybridized carbons (Fsp3) is 0.235. The zero-order valence-corrected chi connectivity index (χ0v) is 13.8. The average Bonchev–Trinajstić information content (AvgIpc) is 3.10. The molecule has 8 nitrogen and oxygen atoms in total. The van der Waals surface area contributed by atoms with Crippen LogP contribution in [-0.2, 0) is 5.41 Å². The molecular weight excluding hydrogens is 318 g/mol. The van der Waals surface area contributed by atoms with Crippen LogP contribution in [0.1, 0.15) is 17.1 Å². The Kier molecular flexibility index (Phi) is 3.54. The number of nitrogens with zero attached hydrogens (tertiary/aromatic N) is 5. The lowest BCUT2D eigenvalue weighted by molar-refractivity contribution is 0.396. The van der Waals surface area contributed by atoms with Crippen molar-refractivity contribution in [3.05, 3.63) is 53.9 Å². The Morgan fingerprint density at radius 2 is 2.12 bits per heavy atom. The second-order valence-electron chi connectivity index (χ2n) is 5.78. The van der Waals surface area contributed by atoms with Gasteiger partial charge in [0.1, 0.15) is 17.5 Å². The highest BCUT2D eigenvalue weighted by Crippen LogP contribution is 2.39. The minimum Gasteiger partial charge on any atom is -0.481 e. The number of aliphatic imine (C=N–C) groups is 1. The summed E-state index contributed by atoms with van der Waals surface area (Å²) in [5.41, 5.74) is 8.59. The molecule has 0 aliphatic carbocycles. The van der Waals surface area contributed by atoms with E-state index in [1.54, 1.807) is 31.9 Å². The number of nitrogens with one attached hydrogen (secondary N) is 1. The van der Waals surface area contributed by atoms with Crippen LogP contribution in [0.3, 0.4) is 0 Å². The summed E-state index contributed by atoms with van der Waals surface area (Å²) in [6.07, 6.45) is 8.34. The van der Waals surface area contributed by atoms with E-state index in [-0.39, 0.29) is 0 Å². The van der Waals surface area contributed by atoms with Gasteiger partial charge in [0.2, 0.25) is 5.88 Å². The molecule has 1 aliphatic heterocycles. The summed E-state index contributed by atoms with van der Waals surface area (Å²) in [6, 6.07) is 3.73. The average molecular weight is 335 g/mol. The number of pyridine rings is 1. The predicted octanol–water partition coefficient (Wildman–Crippen LogP) is 1.28. The third kappa shape index (κ3) is 2.30. The number of hydrogen-bond acceptors (Lipinski definition) is 7. The van der Waals surface area contributed by atoms with Gasteiger partial charge in [0.05, 0.1) is 24.5 Å². The molecule has 3 aromatic rings. The van der Waals surface area contributed by atoms with Crippen molar-refractivity contribution in [3.8, 4) is 5.88 Å². The summed E-state index contributed by atoms with van der Waals surface area (Å²) in [5, 5.41) is 0. The maximum absolute atomic E-state index is 6.46. The predicted molar refractivity (Wildman–Crippen MR) is 93.6 cm³/mol. The Morgan fingerprint density at radius 1 is 1.24 bits per heavy atom. The quantitative estimate of drug-likeness (QED) is 0.745. The first-order chi connectivity index (χ1) is 12.1. The van der Waals surface area contributed by atoms with Crippen LogP contribution >= 0.6 is 0 Å². The van der Waals surface area contributed by atoms with Crippen LogP contribution in [0.15, 0.2) is 41.8 Å². The van der Waals surface area contributed by atoms with E-state index in [1.807, 2.05) is 25.1 Å². The maximum atomic E-state index is 6.46. The summed E-state index contributed by atoms with van der Waals surface area (Å²) < 4.78 is 5.17. The van der Waals surface area contributed by atoms with E-state index in [0.29, 0.717) is 17.4 Å². The molecule has 0 aromatic carbocycles. The Balaban J connectivity index is 2.02. The number of H-pyrrole nitrogens is 1. The summed E-state index contributed by atoms with van der Waals surface area (Å²) in [5.74, 6) is 1.15. The molecule has 0 spiro atoms. The van der Waals surface area contributed by atoms with Crippen molar-refractivity contribution in [3.63, 3.8) is 0 Å². The first kappa shape index (κ1) is 15.4. The van der Waals surface area contributed by atoms with Crippen LogP contribution in [0.4, 0.5) is 0 Å². The summed E-state index contributed by atoms with van der Waals surface area (Å²) in [7, 11) is 1.58. The zero-order valence-electron chi connectivity index (χ0n) is 13.8.